The fraction of sp³-hybridized carbons (Fsp3) is 0.511. The van der Waals surface area contributed by atoms with Gasteiger partial charge in [-0.05, 0) is 55.6 Å². The first-order chi connectivity index (χ1) is 33.3. The molecule has 0 heterocycles. The third-order valence-corrected chi connectivity index (χ3v) is 10.8. The molecule has 24 nitrogen and oxygen atoms in total. The van der Waals surface area contributed by atoms with Gasteiger partial charge in [-0.15, -0.1) is 0 Å². The van der Waals surface area contributed by atoms with E-state index in [0.29, 0.717) is 11.1 Å². The van der Waals surface area contributed by atoms with Gasteiger partial charge in [-0.2, -0.15) is 0 Å². The molecule has 2 rings (SSSR count). The summed E-state index contributed by atoms with van der Waals surface area (Å²) in [6, 6.07) is 4.84. The van der Waals surface area contributed by atoms with Gasteiger partial charge >= 0.3 is 17.9 Å². The average Bonchev–Trinajstić information content (AvgIpc) is 3.29. The van der Waals surface area contributed by atoms with Crippen LogP contribution in [0, 0.1) is 11.8 Å². The van der Waals surface area contributed by atoms with Crippen molar-refractivity contribution in [1.29, 1.82) is 0 Å². The van der Waals surface area contributed by atoms with E-state index in [1.54, 1.807) is 88.4 Å². The third kappa shape index (κ3) is 21.8. The van der Waals surface area contributed by atoms with Gasteiger partial charge in [0, 0.05) is 19.3 Å². The van der Waals surface area contributed by atoms with Crippen molar-refractivity contribution >= 4 is 65.2 Å². The largest absolute Gasteiger partial charge is 0.481 e. The summed E-state index contributed by atoms with van der Waals surface area (Å²) in [6.45, 7) is 7.90. The number of nitrogens with two attached hydrogens (primary N) is 2. The number of nitrogens with one attached hydrogen (secondary N) is 7. The lowest BCUT2D eigenvalue weighted by molar-refractivity contribution is -0.143. The van der Waals surface area contributed by atoms with Crippen LogP contribution in [0.2, 0.25) is 0 Å². The number of carbonyl (C=O) groups excluding carboxylic acids is 8. The van der Waals surface area contributed by atoms with Gasteiger partial charge in [-0.3, -0.25) is 47.9 Å². The number of amides is 8. The molecule has 8 amide bonds. The van der Waals surface area contributed by atoms with Crippen LogP contribution < -0.4 is 48.7 Å². The minimum absolute atomic E-state index is 0.0313. The van der Waals surface area contributed by atoms with E-state index in [-0.39, 0.29) is 31.6 Å². The van der Waals surface area contributed by atoms with Gasteiger partial charge in [0.2, 0.25) is 41.4 Å². The van der Waals surface area contributed by atoms with Crippen molar-refractivity contribution in [2.45, 2.75) is 140 Å². The molecule has 0 aliphatic carbocycles. The number of benzene rings is 2. The smallest absolute Gasteiger partial charge is 0.326 e. The second kappa shape index (κ2) is 29.5. The van der Waals surface area contributed by atoms with Gasteiger partial charge in [0.25, 0.3) is 5.91 Å². The van der Waals surface area contributed by atoms with E-state index in [1.807, 2.05) is 0 Å². The second-order valence-corrected chi connectivity index (χ2v) is 17.8. The monoisotopic (exact) mass is 997 g/mol. The van der Waals surface area contributed by atoms with Gasteiger partial charge < -0.3 is 69.1 Å². The number of carbonyl (C=O) groups is 11. The molecule has 2 aromatic rings. The maximum atomic E-state index is 14.0. The number of primary amides is 1. The number of aliphatic carboxylic acids is 3. The molecule has 390 valence electrons. The maximum Gasteiger partial charge on any atom is 0.326 e. The highest BCUT2D eigenvalue weighted by Crippen LogP contribution is 2.13. The van der Waals surface area contributed by atoms with Crippen LogP contribution in [0.3, 0.4) is 0 Å². The zero-order valence-electron chi connectivity index (χ0n) is 40.2. The Bertz CT molecular complexity index is 2180. The van der Waals surface area contributed by atoms with Crippen LogP contribution in [0.15, 0.2) is 60.7 Å². The minimum Gasteiger partial charge on any atom is -0.481 e. The maximum absolute atomic E-state index is 14.0. The summed E-state index contributed by atoms with van der Waals surface area (Å²) in [5.41, 5.74) is 12.3. The molecule has 24 heteroatoms. The topological polar surface area (TPSA) is 405 Å². The van der Waals surface area contributed by atoms with E-state index in [0.717, 1.165) is 6.92 Å². The van der Waals surface area contributed by atoms with Crippen molar-refractivity contribution in [3.8, 4) is 0 Å². The number of aliphatic hydroxyl groups excluding tert-OH is 1. The van der Waals surface area contributed by atoms with Crippen LogP contribution in [0.5, 0.6) is 0 Å². The van der Waals surface area contributed by atoms with Gasteiger partial charge in [-0.25, -0.2) is 4.79 Å². The molecule has 71 heavy (non-hydrogen) atoms. The summed E-state index contributed by atoms with van der Waals surface area (Å²) in [5, 5.41) is 56.4. The zero-order chi connectivity index (χ0) is 53.5. The molecular formula is C47H67N9O15. The van der Waals surface area contributed by atoms with Gasteiger partial charge in [0.15, 0.2) is 6.10 Å². The van der Waals surface area contributed by atoms with E-state index in [9.17, 15) is 68.1 Å². The molecule has 0 unspecified atom stereocenters. The number of carboxylic acids is 3. The van der Waals surface area contributed by atoms with Gasteiger partial charge in [0.1, 0.15) is 36.3 Å². The first-order valence-electron chi connectivity index (χ1n) is 22.9. The van der Waals surface area contributed by atoms with Crippen molar-refractivity contribution in [1.82, 2.24) is 37.2 Å². The highest BCUT2D eigenvalue weighted by Gasteiger charge is 2.36. The normalized spacial score (nSPS) is 14.9. The Labute approximate surface area is 410 Å². The van der Waals surface area contributed by atoms with Crippen molar-refractivity contribution < 1.29 is 73.2 Å². The van der Waals surface area contributed by atoms with Crippen LogP contribution in [-0.2, 0) is 65.6 Å². The van der Waals surface area contributed by atoms with Crippen molar-refractivity contribution in [3.05, 3.63) is 71.8 Å². The fourth-order valence-electron chi connectivity index (χ4n) is 6.95. The predicted octanol–water partition coefficient (Wildman–Crippen LogP) is -2.03. The first-order valence-corrected chi connectivity index (χ1v) is 22.9. The molecule has 2 aromatic carbocycles. The van der Waals surface area contributed by atoms with Gasteiger partial charge in [-0.1, -0.05) is 88.4 Å². The lowest BCUT2D eigenvalue weighted by Gasteiger charge is -2.30. The van der Waals surface area contributed by atoms with E-state index in [1.165, 1.54) is 0 Å². The lowest BCUT2D eigenvalue weighted by Crippen LogP contribution is -2.61. The molecular weight excluding hydrogens is 931 g/mol. The highest BCUT2D eigenvalue weighted by molar-refractivity contribution is 5.97. The number of carboxylic acid groups (broad SMARTS) is 3. The average molecular weight is 998 g/mol. The van der Waals surface area contributed by atoms with Crippen molar-refractivity contribution in [3.63, 3.8) is 0 Å². The Morgan fingerprint density at radius 1 is 0.521 bits per heavy atom. The minimum atomic E-state index is -2.15. The van der Waals surface area contributed by atoms with E-state index >= 15 is 0 Å². The lowest BCUT2D eigenvalue weighted by atomic mass is 9.97. The Morgan fingerprint density at radius 2 is 1.00 bits per heavy atom. The summed E-state index contributed by atoms with van der Waals surface area (Å²) in [5.74, 6) is -12.8. The van der Waals surface area contributed by atoms with Crippen molar-refractivity contribution in [2.75, 3.05) is 0 Å². The standard InChI is InChI=1S/C47H67N9O15/c1-24(2)20-32(53-45(68)38(25(3)4)56-41(64)29(48)16-18-36(58)59)44(67)52-31(21-27-12-8-6-9-13-27)39(62)46(69)54-33(23-35(49)57)43(66)50-26(5)40(63)51-30(17-19-37(60)61)42(65)55-34(47(70)71)22-28-14-10-7-11-15-28/h6-15,24-26,29-34,38-39,62H,16-23,48H2,1-5H3,(H2,49,57)(H,50,66)(H,51,63)(H,52,67)(H,53,68)(H,54,69)(H,55,65)(H,56,64)(H,58,59)(H,60,61)(H,70,71)/t26-,29-,30-,31+,32-,33-,34-,38-,39+/m0/s1. The van der Waals surface area contributed by atoms with E-state index in [2.05, 4.69) is 37.2 Å². The summed E-state index contributed by atoms with van der Waals surface area (Å²) in [4.78, 5) is 141. The van der Waals surface area contributed by atoms with E-state index in [4.69, 9.17) is 16.6 Å². The van der Waals surface area contributed by atoms with Crippen LogP contribution in [0.4, 0.5) is 0 Å². The zero-order valence-corrected chi connectivity index (χ0v) is 40.2. The molecule has 0 aromatic heterocycles. The number of aliphatic hydroxyl groups is 1. The van der Waals surface area contributed by atoms with Crippen LogP contribution in [0.25, 0.3) is 0 Å². The molecule has 0 aliphatic rings. The first kappa shape index (κ1) is 59.7. The highest BCUT2D eigenvalue weighted by atomic mass is 16.4. The Kier molecular flexibility index (Phi) is 24.8. The molecule has 0 fully saturated rings. The number of hydrogen-bond donors (Lipinski definition) is 13. The Morgan fingerprint density at radius 3 is 1.51 bits per heavy atom. The molecule has 15 N–H and O–H groups in total. The summed E-state index contributed by atoms with van der Waals surface area (Å²) in [7, 11) is 0. The molecule has 0 saturated carbocycles. The molecule has 0 spiro atoms. The SMILES string of the molecule is CC(C)C[C@H](NC(=O)[C@@H](NC(=O)[C@@H](N)CCC(=O)O)C(C)C)C(=O)N[C@H](Cc1ccccc1)[C@@H](O)C(=O)N[C@@H](CC(N)=O)C(=O)N[C@@H](C)C(=O)N[C@@H](CCC(=O)O)C(=O)N[C@@H](Cc1ccccc1)C(=O)O. The Hall–Kier alpha value is -7.47. The summed E-state index contributed by atoms with van der Waals surface area (Å²) >= 11 is 0. The Balaban J connectivity index is 2.32. The second-order valence-electron chi connectivity index (χ2n) is 17.8. The molecule has 0 bridgehead atoms. The quantitative estimate of drug-likeness (QED) is 0.0387. The predicted molar refractivity (Wildman–Crippen MR) is 253 cm³/mol. The van der Waals surface area contributed by atoms with Crippen molar-refractivity contribution in [2.24, 2.45) is 23.3 Å². The van der Waals surface area contributed by atoms with Gasteiger partial charge in [0.05, 0.1) is 18.5 Å². The van der Waals surface area contributed by atoms with Crippen LogP contribution in [0.1, 0.15) is 84.3 Å². The molecule has 0 saturated heterocycles. The number of hydrogen-bond acceptors (Lipinski definition) is 13. The summed E-state index contributed by atoms with van der Waals surface area (Å²) in [6.07, 6.45) is -5.05. The van der Waals surface area contributed by atoms with Crippen LogP contribution in [-0.4, -0.2) is 140 Å². The molecule has 9 atom stereocenters. The molecule has 0 aliphatic heterocycles. The fourth-order valence-corrected chi connectivity index (χ4v) is 6.95. The summed E-state index contributed by atoms with van der Waals surface area (Å²) < 4.78 is 0. The van der Waals surface area contributed by atoms with Crippen LogP contribution >= 0.6 is 0 Å². The van der Waals surface area contributed by atoms with E-state index < -0.39 is 151 Å². The molecule has 0 radical (unpaired) electrons. The third-order valence-electron chi connectivity index (χ3n) is 10.8. The number of rotatable bonds is 31.